The Morgan fingerprint density at radius 2 is 1.46 bits per heavy atom. The Morgan fingerprint density at radius 3 is 2.14 bits per heavy atom. The van der Waals surface area contributed by atoms with Crippen LogP contribution in [0.5, 0.6) is 0 Å². The van der Waals surface area contributed by atoms with Gasteiger partial charge >= 0.3 is 0 Å². The van der Waals surface area contributed by atoms with Crippen LogP contribution in [0.25, 0.3) is 5.82 Å². The third kappa shape index (κ3) is 2.89. The van der Waals surface area contributed by atoms with Crippen molar-refractivity contribution in [2.75, 3.05) is 36.0 Å². The minimum absolute atomic E-state index is 0.619. The Hall–Kier alpha value is -3.03. The van der Waals surface area contributed by atoms with Crippen molar-refractivity contribution in [3.8, 4) is 5.82 Å². The molecule has 2 aliphatic heterocycles. The van der Waals surface area contributed by atoms with Gasteiger partial charge in [0.1, 0.15) is 18.0 Å². The summed E-state index contributed by atoms with van der Waals surface area (Å²) >= 11 is 0. The maximum absolute atomic E-state index is 4.55. The normalized spacial score (nSPS) is 21.4. The van der Waals surface area contributed by atoms with Crippen molar-refractivity contribution >= 4 is 11.6 Å². The van der Waals surface area contributed by atoms with Crippen molar-refractivity contribution in [2.45, 2.75) is 20.8 Å². The van der Waals surface area contributed by atoms with Gasteiger partial charge in [-0.3, -0.25) is 4.98 Å². The Bertz CT molecular complexity index is 999. The van der Waals surface area contributed by atoms with Crippen LogP contribution in [0.2, 0.25) is 0 Å². The lowest BCUT2D eigenvalue weighted by Crippen LogP contribution is -2.30. The van der Waals surface area contributed by atoms with Crippen molar-refractivity contribution in [1.29, 1.82) is 0 Å². The van der Waals surface area contributed by atoms with Gasteiger partial charge in [0.25, 0.3) is 0 Å². The van der Waals surface area contributed by atoms with Gasteiger partial charge in [0.2, 0.25) is 0 Å². The molecule has 0 aliphatic carbocycles. The molecule has 0 bridgehead atoms. The summed E-state index contributed by atoms with van der Waals surface area (Å²) in [6.45, 7) is 10.1. The Balaban J connectivity index is 1.33. The van der Waals surface area contributed by atoms with Crippen LogP contribution in [0.4, 0.5) is 11.6 Å². The molecule has 0 saturated carbocycles. The van der Waals surface area contributed by atoms with Crippen LogP contribution in [-0.4, -0.2) is 55.9 Å². The van der Waals surface area contributed by atoms with E-state index in [9.17, 15) is 0 Å². The molecule has 8 heteroatoms. The van der Waals surface area contributed by atoms with Gasteiger partial charge in [0, 0.05) is 62.2 Å². The fourth-order valence-electron chi connectivity index (χ4n) is 4.55. The molecular formula is C20H24N8. The molecule has 0 N–H and O–H groups in total. The van der Waals surface area contributed by atoms with E-state index in [0.29, 0.717) is 11.8 Å². The van der Waals surface area contributed by atoms with Crippen molar-refractivity contribution in [1.82, 2.24) is 29.7 Å². The van der Waals surface area contributed by atoms with Gasteiger partial charge in [-0.25, -0.2) is 19.6 Å². The second kappa shape index (κ2) is 6.54. The Morgan fingerprint density at radius 1 is 0.786 bits per heavy atom. The first kappa shape index (κ1) is 17.1. The average molecular weight is 376 g/mol. The van der Waals surface area contributed by atoms with E-state index < -0.39 is 0 Å². The fraction of sp³-hybridized carbons (Fsp3) is 0.450. The highest BCUT2D eigenvalue weighted by atomic mass is 15.3. The van der Waals surface area contributed by atoms with E-state index >= 15 is 0 Å². The minimum atomic E-state index is 0.619. The zero-order chi connectivity index (χ0) is 19.3. The molecular weight excluding hydrogens is 352 g/mol. The van der Waals surface area contributed by atoms with Crippen LogP contribution in [0, 0.1) is 32.6 Å². The molecule has 144 valence electrons. The second-order valence-corrected chi connectivity index (χ2v) is 7.87. The summed E-state index contributed by atoms with van der Waals surface area (Å²) in [7, 11) is 0. The maximum Gasteiger partial charge on any atom is 0.159 e. The molecule has 0 spiro atoms. The van der Waals surface area contributed by atoms with E-state index in [1.54, 1.807) is 18.7 Å². The van der Waals surface area contributed by atoms with Gasteiger partial charge in [-0.05, 0) is 26.8 Å². The Kier molecular flexibility index (Phi) is 3.99. The standard InChI is InChI=1S/C20H24N8/c1-13-6-14(2)28(25-13)19-7-18(23-12-24-19)26-8-16-10-27(11-17(16)9-26)20-15(3)21-4-5-22-20/h4-7,12,16-17H,8-11H2,1-3H3. The first-order valence-electron chi connectivity index (χ1n) is 9.71. The number of nitrogens with zero attached hydrogens (tertiary/aromatic N) is 8. The summed E-state index contributed by atoms with van der Waals surface area (Å²) in [5.74, 6) is 4.07. The largest absolute Gasteiger partial charge is 0.356 e. The van der Waals surface area contributed by atoms with Gasteiger partial charge in [0.15, 0.2) is 5.82 Å². The van der Waals surface area contributed by atoms with Crippen molar-refractivity contribution in [3.63, 3.8) is 0 Å². The smallest absolute Gasteiger partial charge is 0.159 e. The first-order valence-corrected chi connectivity index (χ1v) is 9.71. The average Bonchev–Trinajstić information content (AvgIpc) is 3.35. The molecule has 28 heavy (non-hydrogen) atoms. The molecule has 8 nitrogen and oxygen atoms in total. The number of hydrogen-bond acceptors (Lipinski definition) is 7. The highest BCUT2D eigenvalue weighted by Crippen LogP contribution is 2.35. The lowest BCUT2D eigenvalue weighted by atomic mass is 10.0. The van der Waals surface area contributed by atoms with Gasteiger partial charge in [-0.15, -0.1) is 0 Å². The molecule has 2 atom stereocenters. The van der Waals surface area contributed by atoms with E-state index in [1.165, 1.54) is 0 Å². The molecule has 2 saturated heterocycles. The number of anilines is 2. The molecule has 0 radical (unpaired) electrons. The number of rotatable bonds is 3. The zero-order valence-corrected chi connectivity index (χ0v) is 16.4. The fourth-order valence-corrected chi connectivity index (χ4v) is 4.55. The zero-order valence-electron chi connectivity index (χ0n) is 16.4. The molecule has 5 heterocycles. The summed E-state index contributed by atoms with van der Waals surface area (Å²) in [6, 6.07) is 4.11. The summed E-state index contributed by atoms with van der Waals surface area (Å²) in [4.78, 5) is 22.7. The molecule has 5 rings (SSSR count). The third-order valence-electron chi connectivity index (χ3n) is 5.83. The van der Waals surface area contributed by atoms with Crippen LogP contribution in [0.15, 0.2) is 30.9 Å². The summed E-state index contributed by atoms with van der Waals surface area (Å²) in [5.41, 5.74) is 3.08. The minimum Gasteiger partial charge on any atom is -0.356 e. The van der Waals surface area contributed by atoms with Crippen LogP contribution in [0.3, 0.4) is 0 Å². The van der Waals surface area contributed by atoms with Gasteiger partial charge in [-0.1, -0.05) is 0 Å². The van der Waals surface area contributed by atoms with Crippen LogP contribution in [0.1, 0.15) is 17.1 Å². The number of aryl methyl sites for hydroxylation is 3. The van der Waals surface area contributed by atoms with Gasteiger partial charge in [0.05, 0.1) is 11.4 Å². The lowest BCUT2D eigenvalue weighted by molar-refractivity contribution is 0.533. The van der Waals surface area contributed by atoms with Gasteiger partial charge < -0.3 is 9.80 Å². The Labute approximate surface area is 164 Å². The molecule has 2 fully saturated rings. The highest BCUT2D eigenvalue weighted by Gasteiger charge is 2.41. The third-order valence-corrected chi connectivity index (χ3v) is 5.83. The molecule has 2 unspecified atom stereocenters. The quantitative estimate of drug-likeness (QED) is 0.691. The van der Waals surface area contributed by atoms with Gasteiger partial charge in [-0.2, -0.15) is 5.10 Å². The van der Waals surface area contributed by atoms with Crippen molar-refractivity contribution in [2.24, 2.45) is 11.8 Å². The topological polar surface area (TPSA) is 75.9 Å². The monoisotopic (exact) mass is 376 g/mol. The van der Waals surface area contributed by atoms with Crippen molar-refractivity contribution in [3.05, 3.63) is 47.9 Å². The predicted octanol–water partition coefficient (Wildman–Crippen LogP) is 1.95. The summed E-state index contributed by atoms with van der Waals surface area (Å²) < 4.78 is 1.88. The highest BCUT2D eigenvalue weighted by molar-refractivity contribution is 5.48. The lowest BCUT2D eigenvalue weighted by Gasteiger charge is -2.23. The SMILES string of the molecule is Cc1cc(C)n(-c2cc(N3CC4CN(c5nccnc5C)CC4C3)ncn2)n1. The predicted molar refractivity (Wildman–Crippen MR) is 107 cm³/mol. The number of fused-ring (bicyclic) bond motifs is 1. The van der Waals surface area contributed by atoms with E-state index in [4.69, 9.17) is 0 Å². The molecule has 0 aromatic carbocycles. The maximum atomic E-state index is 4.55. The molecule has 3 aromatic heterocycles. The van der Waals surface area contributed by atoms with E-state index in [-0.39, 0.29) is 0 Å². The second-order valence-electron chi connectivity index (χ2n) is 7.87. The first-order chi connectivity index (χ1) is 13.6. The number of hydrogen-bond donors (Lipinski definition) is 0. The van der Waals surface area contributed by atoms with E-state index in [2.05, 4.69) is 40.9 Å². The summed E-state index contributed by atoms with van der Waals surface area (Å²) in [5, 5.41) is 4.55. The van der Waals surface area contributed by atoms with Crippen LogP contribution in [-0.2, 0) is 0 Å². The van der Waals surface area contributed by atoms with E-state index in [1.807, 2.05) is 31.5 Å². The summed E-state index contributed by atoms with van der Waals surface area (Å²) in [6.07, 6.45) is 5.18. The van der Waals surface area contributed by atoms with Crippen LogP contribution < -0.4 is 9.80 Å². The van der Waals surface area contributed by atoms with Crippen molar-refractivity contribution < 1.29 is 0 Å². The molecule has 2 aliphatic rings. The van der Waals surface area contributed by atoms with Crippen LogP contribution >= 0.6 is 0 Å². The molecule has 3 aromatic rings. The van der Waals surface area contributed by atoms with E-state index in [0.717, 1.165) is 60.7 Å². The molecule has 0 amide bonds. The number of aromatic nitrogens is 6.